The van der Waals surface area contributed by atoms with Gasteiger partial charge in [0.1, 0.15) is 0 Å². The second-order valence-electron chi connectivity index (χ2n) is 5.95. The van der Waals surface area contributed by atoms with Crippen molar-refractivity contribution in [3.05, 3.63) is 29.8 Å². The highest BCUT2D eigenvalue weighted by Crippen LogP contribution is 2.30. The van der Waals surface area contributed by atoms with Crippen LogP contribution in [0.5, 0.6) is 0 Å². The first kappa shape index (κ1) is 15.5. The van der Waals surface area contributed by atoms with Crippen LogP contribution >= 0.6 is 0 Å². The van der Waals surface area contributed by atoms with Crippen LogP contribution in [0.3, 0.4) is 0 Å². The van der Waals surface area contributed by atoms with Gasteiger partial charge >= 0.3 is 0 Å². The number of hydrogen-bond acceptors (Lipinski definition) is 3. The highest BCUT2D eigenvalue weighted by molar-refractivity contribution is 5.94. The van der Waals surface area contributed by atoms with Crippen LogP contribution in [0.1, 0.15) is 32.3 Å². The van der Waals surface area contributed by atoms with Gasteiger partial charge in [-0.25, -0.2) is 0 Å². The zero-order chi connectivity index (χ0) is 15.4. The second kappa shape index (κ2) is 6.72. The summed E-state index contributed by atoms with van der Waals surface area (Å²) in [6.07, 6.45) is 1.96. The van der Waals surface area contributed by atoms with Gasteiger partial charge in [-0.05, 0) is 36.5 Å². The van der Waals surface area contributed by atoms with E-state index >= 15 is 0 Å². The summed E-state index contributed by atoms with van der Waals surface area (Å²) >= 11 is 0. The highest BCUT2D eigenvalue weighted by Gasteiger charge is 2.29. The van der Waals surface area contributed by atoms with Crippen molar-refractivity contribution >= 4 is 17.5 Å². The molecule has 5 nitrogen and oxygen atoms in total. The van der Waals surface area contributed by atoms with Gasteiger partial charge in [0.2, 0.25) is 11.8 Å². The standard InChI is InChI=1S/C16H23N3O2/c1-10(2)14(17)16(21)18-9-11-4-3-5-13(8-11)19-15(20)12-6-7-12/h3-5,8,10,12,14H,6-7,9,17H2,1-2H3,(H,18,21)(H,19,20). The van der Waals surface area contributed by atoms with Crippen LogP contribution in [0.25, 0.3) is 0 Å². The van der Waals surface area contributed by atoms with E-state index in [1.165, 1.54) is 0 Å². The minimum absolute atomic E-state index is 0.0815. The molecule has 0 heterocycles. The summed E-state index contributed by atoms with van der Waals surface area (Å²) in [7, 11) is 0. The lowest BCUT2D eigenvalue weighted by Gasteiger charge is -2.15. The Balaban J connectivity index is 1.88. The topological polar surface area (TPSA) is 84.2 Å². The molecule has 5 heteroatoms. The van der Waals surface area contributed by atoms with Gasteiger partial charge in [-0.2, -0.15) is 0 Å². The first-order valence-corrected chi connectivity index (χ1v) is 7.40. The average molecular weight is 289 g/mol. The Morgan fingerprint density at radius 2 is 2.05 bits per heavy atom. The average Bonchev–Trinajstić information content (AvgIpc) is 3.28. The monoisotopic (exact) mass is 289 g/mol. The smallest absolute Gasteiger partial charge is 0.237 e. The molecule has 1 atom stereocenters. The Morgan fingerprint density at radius 1 is 1.33 bits per heavy atom. The molecular formula is C16H23N3O2. The summed E-state index contributed by atoms with van der Waals surface area (Å²) in [6, 6.07) is 7.01. The van der Waals surface area contributed by atoms with Gasteiger partial charge in [-0.1, -0.05) is 26.0 Å². The first-order chi connectivity index (χ1) is 9.97. The Morgan fingerprint density at radius 3 is 2.67 bits per heavy atom. The number of anilines is 1. The number of amides is 2. The van der Waals surface area contributed by atoms with E-state index in [0.29, 0.717) is 6.54 Å². The molecule has 1 saturated carbocycles. The molecule has 1 unspecified atom stereocenters. The van der Waals surface area contributed by atoms with E-state index in [4.69, 9.17) is 5.73 Å². The number of rotatable bonds is 6. The quantitative estimate of drug-likeness (QED) is 0.744. The van der Waals surface area contributed by atoms with Gasteiger partial charge in [-0.15, -0.1) is 0 Å². The minimum Gasteiger partial charge on any atom is -0.351 e. The Bertz CT molecular complexity index is 524. The largest absolute Gasteiger partial charge is 0.351 e. The van der Waals surface area contributed by atoms with E-state index in [0.717, 1.165) is 24.1 Å². The molecule has 0 bridgehead atoms. The van der Waals surface area contributed by atoms with Crippen LogP contribution in [0.2, 0.25) is 0 Å². The molecule has 1 aromatic rings. The fourth-order valence-corrected chi connectivity index (χ4v) is 1.96. The van der Waals surface area contributed by atoms with E-state index in [9.17, 15) is 9.59 Å². The molecule has 0 saturated heterocycles. The van der Waals surface area contributed by atoms with E-state index < -0.39 is 6.04 Å². The van der Waals surface area contributed by atoms with E-state index in [2.05, 4.69) is 10.6 Å². The molecule has 114 valence electrons. The fraction of sp³-hybridized carbons (Fsp3) is 0.500. The summed E-state index contributed by atoms with van der Waals surface area (Å²) in [5.41, 5.74) is 7.50. The molecule has 4 N–H and O–H groups in total. The van der Waals surface area contributed by atoms with Crippen molar-refractivity contribution in [1.29, 1.82) is 0 Å². The SMILES string of the molecule is CC(C)C(N)C(=O)NCc1cccc(NC(=O)C2CC2)c1. The van der Waals surface area contributed by atoms with Crippen molar-refractivity contribution in [2.24, 2.45) is 17.6 Å². The van der Waals surface area contributed by atoms with Gasteiger partial charge in [0, 0.05) is 18.2 Å². The first-order valence-electron chi connectivity index (χ1n) is 7.40. The summed E-state index contributed by atoms with van der Waals surface area (Å²) in [5.74, 6) is 0.210. The van der Waals surface area contributed by atoms with Crippen molar-refractivity contribution in [3.8, 4) is 0 Å². The predicted molar refractivity (Wildman–Crippen MR) is 82.5 cm³/mol. The number of nitrogens with one attached hydrogen (secondary N) is 2. The number of hydrogen-bond donors (Lipinski definition) is 3. The molecule has 0 radical (unpaired) electrons. The Hall–Kier alpha value is -1.88. The van der Waals surface area contributed by atoms with Crippen LogP contribution in [-0.4, -0.2) is 17.9 Å². The molecule has 2 rings (SSSR count). The van der Waals surface area contributed by atoms with Crippen LogP contribution in [0, 0.1) is 11.8 Å². The molecule has 1 fully saturated rings. The van der Waals surface area contributed by atoms with Gasteiger partial charge in [0.15, 0.2) is 0 Å². The number of benzene rings is 1. The molecule has 0 aliphatic heterocycles. The molecule has 2 amide bonds. The molecule has 1 aliphatic rings. The van der Waals surface area contributed by atoms with Crippen molar-refractivity contribution in [2.45, 2.75) is 39.3 Å². The number of carbonyl (C=O) groups is 2. The Labute approximate surface area is 125 Å². The minimum atomic E-state index is -0.497. The fourth-order valence-electron chi connectivity index (χ4n) is 1.96. The zero-order valence-corrected chi connectivity index (χ0v) is 12.6. The summed E-state index contributed by atoms with van der Waals surface area (Å²) in [6.45, 7) is 4.24. The third-order valence-electron chi connectivity index (χ3n) is 3.63. The summed E-state index contributed by atoms with van der Waals surface area (Å²) in [5, 5.41) is 5.72. The molecule has 1 aliphatic carbocycles. The molecule has 21 heavy (non-hydrogen) atoms. The molecule has 1 aromatic carbocycles. The molecule has 0 spiro atoms. The molecular weight excluding hydrogens is 266 g/mol. The zero-order valence-electron chi connectivity index (χ0n) is 12.6. The van der Waals surface area contributed by atoms with Gasteiger partial charge in [0.25, 0.3) is 0 Å². The van der Waals surface area contributed by atoms with Gasteiger partial charge in [0.05, 0.1) is 6.04 Å². The third kappa shape index (κ3) is 4.56. The van der Waals surface area contributed by atoms with E-state index in [-0.39, 0.29) is 23.7 Å². The summed E-state index contributed by atoms with van der Waals surface area (Å²) in [4.78, 5) is 23.5. The highest BCUT2D eigenvalue weighted by atomic mass is 16.2. The van der Waals surface area contributed by atoms with Crippen molar-refractivity contribution in [3.63, 3.8) is 0 Å². The predicted octanol–water partition coefficient (Wildman–Crippen LogP) is 1.63. The summed E-state index contributed by atoms with van der Waals surface area (Å²) < 4.78 is 0. The Kier molecular flexibility index (Phi) is 4.96. The van der Waals surface area contributed by atoms with Crippen LogP contribution in [0.4, 0.5) is 5.69 Å². The number of carbonyl (C=O) groups excluding carboxylic acids is 2. The maximum Gasteiger partial charge on any atom is 0.237 e. The van der Waals surface area contributed by atoms with Crippen LogP contribution < -0.4 is 16.4 Å². The second-order valence-corrected chi connectivity index (χ2v) is 5.95. The lowest BCUT2D eigenvalue weighted by molar-refractivity contribution is -0.123. The maximum atomic E-state index is 11.8. The van der Waals surface area contributed by atoms with Crippen molar-refractivity contribution in [1.82, 2.24) is 5.32 Å². The number of nitrogens with two attached hydrogens (primary N) is 1. The van der Waals surface area contributed by atoms with Crippen molar-refractivity contribution < 1.29 is 9.59 Å². The maximum absolute atomic E-state index is 11.8. The van der Waals surface area contributed by atoms with Crippen LogP contribution in [-0.2, 0) is 16.1 Å². The van der Waals surface area contributed by atoms with Crippen molar-refractivity contribution in [2.75, 3.05) is 5.32 Å². The van der Waals surface area contributed by atoms with E-state index in [1.54, 1.807) is 0 Å². The third-order valence-corrected chi connectivity index (χ3v) is 3.63. The van der Waals surface area contributed by atoms with E-state index in [1.807, 2.05) is 38.1 Å². The lowest BCUT2D eigenvalue weighted by atomic mass is 10.0. The lowest BCUT2D eigenvalue weighted by Crippen LogP contribution is -2.43. The van der Waals surface area contributed by atoms with Gasteiger partial charge in [-0.3, -0.25) is 9.59 Å². The van der Waals surface area contributed by atoms with Crippen LogP contribution in [0.15, 0.2) is 24.3 Å². The molecule has 0 aromatic heterocycles. The van der Waals surface area contributed by atoms with Gasteiger partial charge < -0.3 is 16.4 Å². The normalized spacial score (nSPS) is 15.6.